The van der Waals surface area contributed by atoms with Crippen LogP contribution in [0.5, 0.6) is 0 Å². The van der Waals surface area contributed by atoms with Gasteiger partial charge in [0, 0.05) is 10.7 Å². The number of nitrogens with zero attached hydrogens (tertiary/aromatic N) is 2. The quantitative estimate of drug-likeness (QED) is 0.491. The molecule has 0 bridgehead atoms. The minimum atomic E-state index is 0.832. The van der Waals surface area contributed by atoms with Gasteiger partial charge < -0.3 is 0 Å². The lowest BCUT2D eigenvalue weighted by atomic mass is 10.1. The standard InChI is InChI=1S/C14H10Br2N2/c15-7-9-5-13-14(6-10(9)8-16)18-12-4-2-1-3-11(12)17-13/h1-6H,7-8H2. The van der Waals surface area contributed by atoms with Gasteiger partial charge in [-0.1, -0.05) is 44.0 Å². The Kier molecular flexibility index (Phi) is 3.31. The molecule has 0 amide bonds. The van der Waals surface area contributed by atoms with Crippen molar-refractivity contribution in [2.45, 2.75) is 10.7 Å². The largest absolute Gasteiger partial charge is 0.244 e. The first-order valence-electron chi connectivity index (χ1n) is 5.62. The van der Waals surface area contributed by atoms with E-state index in [1.807, 2.05) is 24.3 Å². The summed E-state index contributed by atoms with van der Waals surface area (Å²) in [6, 6.07) is 12.2. The number of benzene rings is 2. The van der Waals surface area contributed by atoms with Crippen LogP contribution in [0.4, 0.5) is 0 Å². The number of hydrogen-bond donors (Lipinski definition) is 0. The van der Waals surface area contributed by atoms with Gasteiger partial charge in [-0.15, -0.1) is 0 Å². The van der Waals surface area contributed by atoms with Gasteiger partial charge in [0.25, 0.3) is 0 Å². The molecule has 4 heteroatoms. The molecule has 0 aliphatic carbocycles. The van der Waals surface area contributed by atoms with Crippen molar-refractivity contribution in [2.24, 2.45) is 0 Å². The normalized spacial score (nSPS) is 11.2. The van der Waals surface area contributed by atoms with Gasteiger partial charge in [0.05, 0.1) is 22.1 Å². The summed E-state index contributed by atoms with van der Waals surface area (Å²) in [6.07, 6.45) is 0. The molecule has 1 aromatic heterocycles. The second-order valence-electron chi connectivity index (χ2n) is 4.09. The van der Waals surface area contributed by atoms with E-state index in [0.717, 1.165) is 32.7 Å². The number of hydrogen-bond acceptors (Lipinski definition) is 2. The first kappa shape index (κ1) is 12.1. The molecule has 2 nitrogen and oxygen atoms in total. The first-order chi connectivity index (χ1) is 8.81. The third kappa shape index (κ3) is 2.04. The van der Waals surface area contributed by atoms with Crippen LogP contribution in [-0.4, -0.2) is 9.97 Å². The van der Waals surface area contributed by atoms with Crippen molar-refractivity contribution < 1.29 is 0 Å². The summed E-state index contributed by atoms with van der Waals surface area (Å²) < 4.78 is 0. The second kappa shape index (κ2) is 4.94. The fraction of sp³-hybridized carbons (Fsp3) is 0.143. The van der Waals surface area contributed by atoms with Crippen molar-refractivity contribution in [2.75, 3.05) is 0 Å². The van der Waals surface area contributed by atoms with Crippen LogP contribution < -0.4 is 0 Å². The average molecular weight is 366 g/mol. The Morgan fingerprint density at radius 1 is 0.722 bits per heavy atom. The van der Waals surface area contributed by atoms with Gasteiger partial charge in [0.15, 0.2) is 0 Å². The van der Waals surface area contributed by atoms with Gasteiger partial charge >= 0.3 is 0 Å². The lowest BCUT2D eigenvalue weighted by molar-refractivity contribution is 1.29. The van der Waals surface area contributed by atoms with Gasteiger partial charge in [-0.2, -0.15) is 0 Å². The van der Waals surface area contributed by atoms with Gasteiger partial charge in [-0.25, -0.2) is 9.97 Å². The third-order valence-electron chi connectivity index (χ3n) is 2.95. The topological polar surface area (TPSA) is 25.8 Å². The molecule has 0 aliphatic rings. The highest BCUT2D eigenvalue weighted by molar-refractivity contribution is 9.09. The Labute approximate surface area is 122 Å². The molecule has 0 saturated heterocycles. The highest BCUT2D eigenvalue weighted by Gasteiger charge is 2.06. The van der Waals surface area contributed by atoms with E-state index < -0.39 is 0 Å². The van der Waals surface area contributed by atoms with Crippen LogP contribution in [0, 0.1) is 0 Å². The van der Waals surface area contributed by atoms with E-state index in [2.05, 4.69) is 54.0 Å². The molecule has 0 spiro atoms. The molecule has 3 aromatic rings. The van der Waals surface area contributed by atoms with E-state index in [-0.39, 0.29) is 0 Å². The van der Waals surface area contributed by atoms with Crippen LogP contribution in [0.3, 0.4) is 0 Å². The molecular formula is C14H10Br2N2. The Morgan fingerprint density at radius 2 is 1.17 bits per heavy atom. The van der Waals surface area contributed by atoms with Crippen molar-refractivity contribution in [3.63, 3.8) is 0 Å². The first-order valence-corrected chi connectivity index (χ1v) is 7.86. The fourth-order valence-electron chi connectivity index (χ4n) is 2.00. The molecule has 0 atom stereocenters. The minimum absolute atomic E-state index is 0.832. The third-order valence-corrected chi connectivity index (χ3v) is 4.16. The van der Waals surface area contributed by atoms with E-state index in [9.17, 15) is 0 Å². The molecule has 0 radical (unpaired) electrons. The van der Waals surface area contributed by atoms with Crippen LogP contribution in [0.2, 0.25) is 0 Å². The molecule has 0 unspecified atom stereocenters. The SMILES string of the molecule is BrCc1cc2nc3ccccc3nc2cc1CBr. The molecule has 3 rings (SSSR count). The van der Waals surface area contributed by atoms with Crippen molar-refractivity contribution >= 4 is 53.9 Å². The maximum absolute atomic E-state index is 4.66. The van der Waals surface area contributed by atoms with Crippen LogP contribution in [0.1, 0.15) is 11.1 Å². The highest BCUT2D eigenvalue weighted by atomic mass is 79.9. The molecule has 0 N–H and O–H groups in total. The lowest BCUT2D eigenvalue weighted by Crippen LogP contribution is -1.93. The van der Waals surface area contributed by atoms with Crippen molar-refractivity contribution in [1.82, 2.24) is 9.97 Å². The van der Waals surface area contributed by atoms with Crippen molar-refractivity contribution in [1.29, 1.82) is 0 Å². The van der Waals surface area contributed by atoms with Crippen molar-refractivity contribution in [3.05, 3.63) is 47.5 Å². The average Bonchev–Trinajstić information content (AvgIpc) is 2.43. The number of alkyl halides is 2. The molecule has 90 valence electrons. The number of para-hydroxylation sites is 2. The molecule has 0 aliphatic heterocycles. The maximum atomic E-state index is 4.66. The summed E-state index contributed by atoms with van der Waals surface area (Å²) >= 11 is 7.03. The number of rotatable bonds is 2. The van der Waals surface area contributed by atoms with Crippen LogP contribution in [0.25, 0.3) is 22.1 Å². The predicted molar refractivity (Wildman–Crippen MR) is 82.3 cm³/mol. The number of halogens is 2. The zero-order valence-electron chi connectivity index (χ0n) is 9.53. The Bertz CT molecular complexity index is 663. The zero-order valence-corrected chi connectivity index (χ0v) is 12.7. The van der Waals surface area contributed by atoms with Gasteiger partial charge in [-0.3, -0.25) is 0 Å². The number of fused-ring (bicyclic) bond motifs is 2. The summed E-state index contributed by atoms with van der Waals surface area (Å²) in [5.41, 5.74) is 6.29. The monoisotopic (exact) mass is 364 g/mol. The number of aromatic nitrogens is 2. The molecule has 18 heavy (non-hydrogen) atoms. The van der Waals surface area contributed by atoms with Crippen LogP contribution >= 0.6 is 31.9 Å². The second-order valence-corrected chi connectivity index (χ2v) is 5.21. The predicted octanol–water partition coefficient (Wildman–Crippen LogP) is 4.57. The highest BCUT2D eigenvalue weighted by Crippen LogP contribution is 2.23. The summed E-state index contributed by atoms with van der Waals surface area (Å²) in [5, 5.41) is 1.66. The lowest BCUT2D eigenvalue weighted by Gasteiger charge is -2.07. The molecular weight excluding hydrogens is 356 g/mol. The maximum Gasteiger partial charge on any atom is 0.0897 e. The van der Waals surface area contributed by atoms with E-state index in [0.29, 0.717) is 0 Å². The van der Waals surface area contributed by atoms with E-state index in [1.165, 1.54) is 11.1 Å². The van der Waals surface area contributed by atoms with Gasteiger partial charge in [-0.05, 0) is 35.4 Å². The van der Waals surface area contributed by atoms with Crippen LogP contribution in [-0.2, 0) is 10.7 Å². The van der Waals surface area contributed by atoms with Crippen molar-refractivity contribution in [3.8, 4) is 0 Å². The Balaban J connectivity index is 2.36. The fourth-order valence-corrected chi connectivity index (χ4v) is 3.05. The molecule has 1 heterocycles. The van der Waals surface area contributed by atoms with Gasteiger partial charge in [0.2, 0.25) is 0 Å². The Morgan fingerprint density at radius 3 is 1.56 bits per heavy atom. The van der Waals surface area contributed by atoms with Crippen LogP contribution in [0.15, 0.2) is 36.4 Å². The molecule has 0 fully saturated rings. The smallest absolute Gasteiger partial charge is 0.0897 e. The zero-order chi connectivity index (χ0) is 12.5. The van der Waals surface area contributed by atoms with E-state index in [1.54, 1.807) is 0 Å². The summed E-state index contributed by atoms with van der Waals surface area (Å²) in [5.74, 6) is 0. The summed E-state index contributed by atoms with van der Waals surface area (Å²) in [7, 11) is 0. The van der Waals surface area contributed by atoms with E-state index >= 15 is 0 Å². The summed E-state index contributed by atoms with van der Waals surface area (Å²) in [4.78, 5) is 9.33. The van der Waals surface area contributed by atoms with Gasteiger partial charge in [0.1, 0.15) is 0 Å². The summed E-state index contributed by atoms with van der Waals surface area (Å²) in [6.45, 7) is 0. The minimum Gasteiger partial charge on any atom is -0.244 e. The van der Waals surface area contributed by atoms with E-state index in [4.69, 9.17) is 0 Å². The molecule has 0 saturated carbocycles. The Hall–Kier alpha value is -1.00. The molecule has 2 aromatic carbocycles.